The van der Waals surface area contributed by atoms with Crippen LogP contribution in [0.4, 0.5) is 9.18 Å². The molecule has 1 saturated heterocycles. The highest BCUT2D eigenvalue weighted by molar-refractivity contribution is 5.99. The van der Waals surface area contributed by atoms with E-state index in [0.29, 0.717) is 55.0 Å². The van der Waals surface area contributed by atoms with Crippen LogP contribution in [-0.4, -0.2) is 96.8 Å². The normalized spacial score (nSPS) is 15.2. The van der Waals surface area contributed by atoms with Crippen molar-refractivity contribution >= 4 is 17.9 Å². The van der Waals surface area contributed by atoms with Gasteiger partial charge in [0.1, 0.15) is 17.2 Å². The van der Waals surface area contributed by atoms with Crippen molar-refractivity contribution in [3.8, 4) is 16.9 Å². The Labute approximate surface area is 280 Å². The minimum atomic E-state index is -0.619. The van der Waals surface area contributed by atoms with Crippen molar-refractivity contribution in [2.24, 2.45) is 0 Å². The quantitative estimate of drug-likeness (QED) is 0.225. The summed E-state index contributed by atoms with van der Waals surface area (Å²) in [5.74, 6) is -0.536. The first-order valence-electron chi connectivity index (χ1n) is 16.8. The fraction of sp³-hybridized carbons (Fsp3) is 0.595. The van der Waals surface area contributed by atoms with Crippen LogP contribution in [0.1, 0.15) is 101 Å². The van der Waals surface area contributed by atoms with Gasteiger partial charge >= 0.3 is 6.09 Å². The van der Waals surface area contributed by atoms with Crippen LogP contribution in [0.3, 0.4) is 0 Å². The Balaban J connectivity index is 2.08. The van der Waals surface area contributed by atoms with Crippen molar-refractivity contribution in [2.45, 2.75) is 105 Å². The van der Waals surface area contributed by atoms with Crippen molar-refractivity contribution in [3.63, 3.8) is 0 Å². The van der Waals surface area contributed by atoms with E-state index in [-0.39, 0.29) is 48.2 Å². The van der Waals surface area contributed by atoms with E-state index >= 15 is 4.39 Å². The number of nitrogens with zero attached hydrogens (tertiary/aromatic N) is 3. The molecule has 0 spiro atoms. The Morgan fingerprint density at radius 3 is 2.30 bits per heavy atom. The van der Waals surface area contributed by atoms with Crippen molar-refractivity contribution in [1.29, 1.82) is 0 Å². The number of ether oxygens (including phenoxy) is 3. The van der Waals surface area contributed by atoms with Crippen LogP contribution >= 0.6 is 0 Å². The number of methoxy groups -OCH3 is 1. The molecule has 1 aliphatic heterocycles. The van der Waals surface area contributed by atoms with E-state index in [1.54, 1.807) is 36.1 Å². The lowest BCUT2D eigenvalue weighted by molar-refractivity contribution is 0.00749. The maximum absolute atomic E-state index is 15.6. The van der Waals surface area contributed by atoms with Gasteiger partial charge in [-0.25, -0.2) is 9.18 Å². The molecule has 9 nitrogen and oxygen atoms in total. The van der Waals surface area contributed by atoms with E-state index < -0.39 is 11.4 Å². The summed E-state index contributed by atoms with van der Waals surface area (Å²) in [5, 5.41) is 0. The van der Waals surface area contributed by atoms with Gasteiger partial charge < -0.3 is 28.9 Å². The smallest absolute Gasteiger partial charge is 0.410 e. The lowest BCUT2D eigenvalue weighted by atomic mass is 9.93. The second-order valence-electron chi connectivity index (χ2n) is 13.8. The number of halogens is 1. The molecule has 0 saturated carbocycles. The first-order valence-corrected chi connectivity index (χ1v) is 16.8. The van der Waals surface area contributed by atoms with Crippen molar-refractivity contribution in [2.75, 3.05) is 40.5 Å². The third-order valence-corrected chi connectivity index (χ3v) is 8.40. The third-order valence-electron chi connectivity index (χ3n) is 8.40. The predicted molar refractivity (Wildman–Crippen MR) is 183 cm³/mol. The number of carbonyl (C=O) groups excluding carboxylic acids is 3. The molecule has 0 aromatic heterocycles. The molecule has 0 aliphatic carbocycles. The molecule has 1 aliphatic rings. The zero-order valence-electron chi connectivity index (χ0n) is 29.9. The van der Waals surface area contributed by atoms with E-state index in [0.717, 1.165) is 18.4 Å². The van der Waals surface area contributed by atoms with Gasteiger partial charge in [0.2, 0.25) is 0 Å². The molecular weight excluding hydrogens is 601 g/mol. The Kier molecular flexibility index (Phi) is 13.2. The second kappa shape index (κ2) is 16.4. The van der Waals surface area contributed by atoms with Gasteiger partial charge in [-0.3, -0.25) is 9.59 Å². The van der Waals surface area contributed by atoms with Crippen LogP contribution in [0.25, 0.3) is 11.1 Å². The average Bonchev–Trinajstić information content (AvgIpc) is 3.01. The van der Waals surface area contributed by atoms with E-state index in [9.17, 15) is 14.4 Å². The summed E-state index contributed by atoms with van der Waals surface area (Å²) in [6.45, 7) is 16.9. The molecule has 10 heteroatoms. The first kappa shape index (κ1) is 37.8. The molecule has 0 radical (unpaired) electrons. The molecular formula is C37H54FN3O6. The zero-order valence-corrected chi connectivity index (χ0v) is 29.9. The summed E-state index contributed by atoms with van der Waals surface area (Å²) in [4.78, 5) is 45.7. The first-order chi connectivity index (χ1) is 22.1. The number of carbonyl (C=O) groups is 3. The molecule has 2 aromatic carbocycles. The van der Waals surface area contributed by atoms with Crippen molar-refractivity contribution < 1.29 is 33.0 Å². The minimum absolute atomic E-state index is 0.0306. The van der Waals surface area contributed by atoms with Gasteiger partial charge in [-0.1, -0.05) is 6.92 Å². The second-order valence-corrected chi connectivity index (χ2v) is 13.8. The number of aryl methyl sites for hydroxylation is 1. The van der Waals surface area contributed by atoms with Crippen LogP contribution in [0.2, 0.25) is 0 Å². The highest BCUT2D eigenvalue weighted by Gasteiger charge is 2.35. The molecule has 0 N–H and O–H groups in total. The lowest BCUT2D eigenvalue weighted by Crippen LogP contribution is -2.54. The highest BCUT2D eigenvalue weighted by Crippen LogP contribution is 2.37. The maximum atomic E-state index is 15.6. The Bertz CT molecular complexity index is 1400. The summed E-state index contributed by atoms with van der Waals surface area (Å²) >= 11 is 0. The van der Waals surface area contributed by atoms with Gasteiger partial charge in [-0.05, 0) is 104 Å². The average molecular weight is 656 g/mol. The molecule has 1 heterocycles. The summed E-state index contributed by atoms with van der Waals surface area (Å²) < 4.78 is 32.6. The van der Waals surface area contributed by atoms with E-state index in [2.05, 4.69) is 0 Å². The molecule has 3 rings (SSSR count). The maximum Gasteiger partial charge on any atom is 0.410 e. The number of likely N-dealkylation sites (tertiary alicyclic amines) is 1. The number of benzene rings is 2. The monoisotopic (exact) mass is 655 g/mol. The summed E-state index contributed by atoms with van der Waals surface area (Å²) in [7, 11) is 3.33. The van der Waals surface area contributed by atoms with Gasteiger partial charge in [-0.15, -0.1) is 0 Å². The number of hydrogen-bond donors (Lipinski definition) is 0. The fourth-order valence-corrected chi connectivity index (χ4v) is 5.77. The molecule has 47 heavy (non-hydrogen) atoms. The van der Waals surface area contributed by atoms with Crippen LogP contribution in [0, 0.1) is 5.82 Å². The number of rotatable bonds is 12. The van der Waals surface area contributed by atoms with Crippen LogP contribution in [-0.2, 0) is 15.9 Å². The van der Waals surface area contributed by atoms with Crippen LogP contribution in [0.5, 0.6) is 5.75 Å². The largest absolute Gasteiger partial charge is 0.493 e. The number of hydrogen-bond acceptors (Lipinski definition) is 6. The van der Waals surface area contributed by atoms with Gasteiger partial charge in [0, 0.05) is 74.6 Å². The Morgan fingerprint density at radius 1 is 1.00 bits per heavy atom. The topological polar surface area (TPSA) is 88.6 Å². The van der Waals surface area contributed by atoms with Gasteiger partial charge in [0.05, 0.1) is 12.6 Å². The van der Waals surface area contributed by atoms with Crippen LogP contribution in [0.15, 0.2) is 30.3 Å². The number of piperidine rings is 1. The molecule has 2 aromatic rings. The van der Waals surface area contributed by atoms with Crippen molar-refractivity contribution in [1.82, 2.24) is 14.7 Å². The van der Waals surface area contributed by atoms with Gasteiger partial charge in [0.15, 0.2) is 0 Å². The molecule has 260 valence electrons. The minimum Gasteiger partial charge on any atom is -0.493 e. The molecule has 0 bridgehead atoms. The van der Waals surface area contributed by atoms with Gasteiger partial charge in [-0.2, -0.15) is 0 Å². The third kappa shape index (κ3) is 9.69. The van der Waals surface area contributed by atoms with Crippen LogP contribution < -0.4 is 4.74 Å². The predicted octanol–water partition coefficient (Wildman–Crippen LogP) is 7.20. The Morgan fingerprint density at radius 2 is 1.70 bits per heavy atom. The number of amides is 3. The molecule has 1 atom stereocenters. The molecule has 3 amide bonds. The van der Waals surface area contributed by atoms with E-state index in [1.807, 2.05) is 66.4 Å². The van der Waals surface area contributed by atoms with E-state index in [1.165, 1.54) is 12.1 Å². The Hall–Kier alpha value is -3.66. The fourth-order valence-electron chi connectivity index (χ4n) is 5.77. The highest BCUT2D eigenvalue weighted by atomic mass is 19.1. The standard InChI is InChI=1S/C37H54FN3O6/c1-11-26-20-31(30-21-27(15-16-32(30)38)34(42)39(9)24(2)3)33(46-19-13-18-45-10)22-29(26)35(43)41(25(4)5)28-14-12-17-40(23-28)36(44)47-37(6,7)8/h15-16,20-22,24-25,28H,11-14,17-19,23H2,1-10H3. The summed E-state index contributed by atoms with van der Waals surface area (Å²) in [6.07, 6.45) is 2.21. The summed E-state index contributed by atoms with van der Waals surface area (Å²) in [6, 6.07) is 7.47. The van der Waals surface area contributed by atoms with Gasteiger partial charge in [0.25, 0.3) is 11.8 Å². The lowest BCUT2D eigenvalue weighted by Gasteiger charge is -2.42. The van der Waals surface area contributed by atoms with E-state index in [4.69, 9.17) is 14.2 Å². The molecule has 1 fully saturated rings. The zero-order chi connectivity index (χ0) is 35.1. The molecule has 1 unspecified atom stereocenters. The van der Waals surface area contributed by atoms with Crippen molar-refractivity contribution in [3.05, 3.63) is 52.8 Å². The SMILES string of the molecule is CCc1cc(-c2cc(C(=O)N(C)C(C)C)ccc2F)c(OCCCOC)cc1C(=O)N(C(C)C)C1CCCN(C(=O)OC(C)(C)C)C1. The summed E-state index contributed by atoms with van der Waals surface area (Å²) in [5.41, 5.74) is 1.64.